The molecule has 0 radical (unpaired) electrons. The Morgan fingerprint density at radius 3 is 2.52 bits per heavy atom. The third kappa shape index (κ3) is 4.70. The van der Waals surface area contributed by atoms with Crippen LogP contribution in [0.3, 0.4) is 0 Å². The molecule has 3 aromatic rings. The van der Waals surface area contributed by atoms with E-state index in [4.69, 9.17) is 16.7 Å². The maximum Gasteiger partial charge on any atom is 0.240 e. The molecule has 1 atom stereocenters. The summed E-state index contributed by atoms with van der Waals surface area (Å²) in [4.78, 5) is 0.277. The molecule has 2 heterocycles. The van der Waals surface area contributed by atoms with Gasteiger partial charge in [-0.2, -0.15) is 5.10 Å². The highest BCUT2D eigenvalue weighted by Crippen LogP contribution is 2.53. The van der Waals surface area contributed by atoms with Crippen molar-refractivity contribution in [3.05, 3.63) is 82.6 Å². The molecule has 1 unspecified atom stereocenters. The first-order chi connectivity index (χ1) is 15.5. The quantitative estimate of drug-likeness (QED) is 0.502. The van der Waals surface area contributed by atoms with E-state index in [-0.39, 0.29) is 35.3 Å². The lowest BCUT2D eigenvalue weighted by Gasteiger charge is -2.49. The van der Waals surface area contributed by atoms with Gasteiger partial charge in [-0.3, -0.25) is 4.68 Å². The minimum Gasteiger partial charge on any atom is -0.307 e. The fourth-order valence-corrected chi connectivity index (χ4v) is 6.16. The van der Waals surface area contributed by atoms with Gasteiger partial charge in [-0.25, -0.2) is 13.1 Å². The molecule has 1 saturated carbocycles. The molecule has 2 aliphatic rings. The number of hydrogen-bond acceptors (Lipinski definition) is 4. The number of hydrogen-bond donors (Lipinski definition) is 2. The summed E-state index contributed by atoms with van der Waals surface area (Å²) in [6, 6.07) is 16.8. The summed E-state index contributed by atoms with van der Waals surface area (Å²) in [5.41, 5.74) is 3.69. The Balaban J connectivity index is 0.00000259. The molecule has 1 aliphatic carbocycles. The van der Waals surface area contributed by atoms with Gasteiger partial charge in [-0.15, -0.1) is 12.4 Å². The van der Waals surface area contributed by atoms with Crippen molar-refractivity contribution in [1.29, 1.82) is 0 Å². The van der Waals surface area contributed by atoms with Crippen LogP contribution in [-0.4, -0.2) is 31.3 Å². The monoisotopic (exact) mass is 506 g/mol. The van der Waals surface area contributed by atoms with Crippen molar-refractivity contribution in [2.45, 2.75) is 48.6 Å². The molecule has 0 bridgehead atoms. The van der Waals surface area contributed by atoms with Crippen LogP contribution in [-0.2, 0) is 28.4 Å². The van der Waals surface area contributed by atoms with E-state index in [1.165, 1.54) is 17.5 Å². The van der Waals surface area contributed by atoms with E-state index in [2.05, 4.69) is 28.4 Å². The zero-order valence-corrected chi connectivity index (χ0v) is 20.6. The highest BCUT2D eigenvalue weighted by Gasteiger charge is 2.48. The van der Waals surface area contributed by atoms with Crippen LogP contribution in [0, 0.1) is 0 Å². The number of nitrogens with zero attached hydrogens (tertiary/aromatic N) is 2. The van der Waals surface area contributed by atoms with Gasteiger partial charge in [0.15, 0.2) is 0 Å². The molecule has 1 aromatic heterocycles. The molecule has 0 spiro atoms. The molecule has 6 nitrogen and oxygen atoms in total. The summed E-state index contributed by atoms with van der Waals surface area (Å²) in [6.07, 6.45) is 6.45. The molecule has 33 heavy (non-hydrogen) atoms. The molecule has 2 aromatic carbocycles. The summed E-state index contributed by atoms with van der Waals surface area (Å²) < 4.78 is 29.5. The summed E-state index contributed by atoms with van der Waals surface area (Å²) in [7, 11) is -3.52. The molecule has 5 rings (SSSR count). The van der Waals surface area contributed by atoms with Crippen LogP contribution in [0.5, 0.6) is 0 Å². The van der Waals surface area contributed by atoms with E-state index in [1.807, 2.05) is 16.8 Å². The molecule has 1 aliphatic heterocycles. The fourth-order valence-electron chi connectivity index (χ4n) is 4.99. The van der Waals surface area contributed by atoms with Crippen LogP contribution in [0.15, 0.2) is 65.7 Å². The topological polar surface area (TPSA) is 76.0 Å². The highest BCUT2D eigenvalue weighted by molar-refractivity contribution is 7.89. The smallest absolute Gasteiger partial charge is 0.240 e. The number of aromatic nitrogens is 2. The summed E-state index contributed by atoms with van der Waals surface area (Å²) >= 11 is 6.13. The van der Waals surface area contributed by atoms with Gasteiger partial charge in [0.1, 0.15) is 0 Å². The van der Waals surface area contributed by atoms with Crippen molar-refractivity contribution < 1.29 is 8.42 Å². The summed E-state index contributed by atoms with van der Waals surface area (Å²) in [5.74, 6) is 0. The van der Waals surface area contributed by atoms with Crippen LogP contribution in [0.2, 0.25) is 5.02 Å². The van der Waals surface area contributed by atoms with Crippen LogP contribution in [0.25, 0.3) is 0 Å². The Labute approximate surface area is 206 Å². The SMILES string of the molecule is Cl.O=S(=O)(NCCn1cc2c(n1)C(C1(c3ccc(Cl)cc3)CCC1)NCC2)c1ccccc1. The third-order valence-electron chi connectivity index (χ3n) is 6.79. The van der Waals surface area contributed by atoms with Crippen molar-refractivity contribution in [2.24, 2.45) is 0 Å². The van der Waals surface area contributed by atoms with Crippen molar-refractivity contribution in [2.75, 3.05) is 13.1 Å². The number of nitrogens with one attached hydrogen (secondary N) is 2. The van der Waals surface area contributed by atoms with Gasteiger partial charge < -0.3 is 5.32 Å². The normalized spacial score (nSPS) is 19.2. The lowest BCUT2D eigenvalue weighted by Crippen LogP contribution is -2.49. The fraction of sp³-hybridized carbons (Fsp3) is 0.375. The van der Waals surface area contributed by atoms with Crippen LogP contribution in [0.4, 0.5) is 0 Å². The molecule has 176 valence electrons. The largest absolute Gasteiger partial charge is 0.307 e. The maximum atomic E-state index is 12.5. The predicted molar refractivity (Wildman–Crippen MR) is 133 cm³/mol. The molecule has 2 N–H and O–H groups in total. The van der Waals surface area contributed by atoms with Crippen molar-refractivity contribution >= 4 is 34.0 Å². The molecule has 0 saturated heterocycles. The molecule has 0 amide bonds. The number of halogens is 2. The Kier molecular flexibility index (Phi) is 7.17. The minimum absolute atomic E-state index is 0. The Bertz CT molecular complexity index is 1190. The average Bonchev–Trinajstić information content (AvgIpc) is 3.18. The van der Waals surface area contributed by atoms with E-state index >= 15 is 0 Å². The molecular formula is C24H28Cl2N4O2S. The summed E-state index contributed by atoms with van der Waals surface area (Å²) in [5, 5.41) is 9.39. The first-order valence-corrected chi connectivity index (χ1v) is 12.9. The standard InChI is InChI=1S/C24H27ClN4O2S.ClH/c25-20-9-7-19(8-10-20)24(12-4-13-24)23-22-18(11-14-26-23)17-29(28-22)16-15-27-32(30,31)21-5-2-1-3-6-21;/h1-3,5-10,17,23,26-27H,4,11-16H2;1H. The highest BCUT2D eigenvalue weighted by atomic mass is 35.5. The maximum absolute atomic E-state index is 12.5. The molecule has 9 heteroatoms. The van der Waals surface area contributed by atoms with E-state index in [0.717, 1.165) is 36.5 Å². The van der Waals surface area contributed by atoms with E-state index < -0.39 is 10.0 Å². The van der Waals surface area contributed by atoms with Gasteiger partial charge in [0.25, 0.3) is 0 Å². The number of benzene rings is 2. The molecular weight excluding hydrogens is 479 g/mol. The lowest BCUT2D eigenvalue weighted by atomic mass is 9.58. The first kappa shape index (κ1) is 24.2. The van der Waals surface area contributed by atoms with Crippen molar-refractivity contribution in [3.63, 3.8) is 0 Å². The van der Waals surface area contributed by atoms with Gasteiger partial charge >= 0.3 is 0 Å². The Hall–Kier alpha value is -1.90. The second kappa shape index (κ2) is 9.76. The van der Waals surface area contributed by atoms with E-state index in [1.54, 1.807) is 30.3 Å². The number of sulfonamides is 1. The third-order valence-corrected chi connectivity index (χ3v) is 8.52. The van der Waals surface area contributed by atoms with Crippen molar-refractivity contribution in [1.82, 2.24) is 19.8 Å². The first-order valence-electron chi connectivity index (χ1n) is 11.1. The molecule has 1 fully saturated rings. The van der Waals surface area contributed by atoms with Crippen LogP contribution >= 0.6 is 24.0 Å². The number of rotatable bonds is 7. The van der Waals surface area contributed by atoms with Gasteiger partial charge in [-0.05, 0) is 61.2 Å². The van der Waals surface area contributed by atoms with Gasteiger partial charge in [0.2, 0.25) is 10.0 Å². The predicted octanol–water partition coefficient (Wildman–Crippen LogP) is 4.25. The van der Waals surface area contributed by atoms with Gasteiger partial charge in [-0.1, -0.05) is 48.4 Å². The zero-order valence-electron chi connectivity index (χ0n) is 18.2. The minimum atomic E-state index is -3.52. The average molecular weight is 507 g/mol. The van der Waals surface area contributed by atoms with Gasteiger partial charge in [0, 0.05) is 23.2 Å². The second-order valence-corrected chi connectivity index (χ2v) is 10.9. The second-order valence-electron chi connectivity index (χ2n) is 8.67. The Morgan fingerprint density at radius 2 is 1.85 bits per heavy atom. The van der Waals surface area contributed by atoms with E-state index in [9.17, 15) is 8.42 Å². The van der Waals surface area contributed by atoms with Crippen LogP contribution < -0.4 is 10.0 Å². The van der Waals surface area contributed by atoms with E-state index in [0.29, 0.717) is 6.54 Å². The number of fused-ring (bicyclic) bond motifs is 1. The zero-order chi connectivity index (χ0) is 22.2. The summed E-state index contributed by atoms with van der Waals surface area (Å²) in [6.45, 7) is 1.69. The Morgan fingerprint density at radius 1 is 1.12 bits per heavy atom. The lowest BCUT2D eigenvalue weighted by molar-refractivity contribution is 0.161. The van der Waals surface area contributed by atoms with Gasteiger partial charge in [0.05, 0.1) is 23.2 Å². The van der Waals surface area contributed by atoms with Crippen LogP contribution in [0.1, 0.15) is 42.1 Å². The van der Waals surface area contributed by atoms with Crippen molar-refractivity contribution in [3.8, 4) is 0 Å².